The van der Waals surface area contributed by atoms with Gasteiger partial charge in [-0.2, -0.15) is 10.5 Å². The van der Waals surface area contributed by atoms with Crippen LogP contribution in [0.3, 0.4) is 0 Å². The highest BCUT2D eigenvalue weighted by Gasteiger charge is 2.46. The summed E-state index contributed by atoms with van der Waals surface area (Å²) in [5, 5.41) is 18.2. The van der Waals surface area contributed by atoms with Crippen molar-refractivity contribution in [2.45, 2.75) is 11.6 Å². The van der Waals surface area contributed by atoms with Gasteiger partial charge in [-0.15, -0.1) is 0 Å². The summed E-state index contributed by atoms with van der Waals surface area (Å²) in [6.45, 7) is 0. The number of hydrogen-bond acceptors (Lipinski definition) is 6. The fourth-order valence-corrected chi connectivity index (χ4v) is 3.60. The highest BCUT2D eigenvalue weighted by molar-refractivity contribution is 5.87. The Hall–Kier alpha value is -3.26. The molecule has 1 aliphatic rings. The molecule has 0 atom stereocenters. The van der Waals surface area contributed by atoms with Gasteiger partial charge in [-0.05, 0) is 47.5 Å². The molecular weight excluding hydrogens is 380 g/mol. The summed E-state index contributed by atoms with van der Waals surface area (Å²) in [4.78, 5) is 0. The number of ether oxygens (including phenoxy) is 4. The van der Waals surface area contributed by atoms with E-state index < -0.39 is 11.6 Å². The second kappa shape index (κ2) is 8.62. The van der Waals surface area contributed by atoms with Crippen LogP contribution in [0.5, 0.6) is 0 Å². The molecule has 0 fully saturated rings. The zero-order valence-corrected chi connectivity index (χ0v) is 17.3. The average molecular weight is 402 g/mol. The molecule has 6 nitrogen and oxygen atoms in total. The van der Waals surface area contributed by atoms with Crippen LogP contribution in [-0.4, -0.2) is 40.0 Å². The summed E-state index contributed by atoms with van der Waals surface area (Å²) in [5.41, 5.74) is 4.05. The molecule has 2 aromatic rings. The molecule has 0 heterocycles. The van der Waals surface area contributed by atoms with Crippen molar-refractivity contribution >= 4 is 11.1 Å². The van der Waals surface area contributed by atoms with Crippen LogP contribution in [0.1, 0.15) is 22.3 Å². The third-order valence-corrected chi connectivity index (χ3v) is 5.28. The maximum atomic E-state index is 9.11. The molecule has 0 radical (unpaired) electrons. The molecule has 30 heavy (non-hydrogen) atoms. The van der Waals surface area contributed by atoms with E-state index in [1.165, 1.54) is 0 Å². The fraction of sp³-hybridized carbons (Fsp3) is 0.250. The van der Waals surface area contributed by atoms with Crippen LogP contribution < -0.4 is 0 Å². The number of benzene rings is 2. The monoisotopic (exact) mass is 402 g/mol. The average Bonchev–Trinajstić information content (AvgIpc) is 2.83. The molecule has 3 rings (SSSR count). The summed E-state index contributed by atoms with van der Waals surface area (Å²) in [7, 11) is 6.22. The molecule has 0 aliphatic heterocycles. The largest absolute Gasteiger partial charge is 0.346 e. The Morgan fingerprint density at radius 1 is 0.567 bits per heavy atom. The molecule has 0 N–H and O–H groups in total. The summed E-state index contributed by atoms with van der Waals surface area (Å²) in [6, 6.07) is 18.5. The molecule has 0 aromatic heterocycles. The fourth-order valence-electron chi connectivity index (χ4n) is 3.60. The number of rotatable bonds is 6. The first-order valence-electron chi connectivity index (χ1n) is 9.19. The Bertz CT molecular complexity index is 959. The number of hydrogen-bond donors (Lipinski definition) is 0. The molecule has 0 spiro atoms. The molecule has 0 amide bonds. The second-order valence-corrected chi connectivity index (χ2v) is 6.65. The van der Waals surface area contributed by atoms with Gasteiger partial charge in [0.25, 0.3) is 0 Å². The van der Waals surface area contributed by atoms with Crippen LogP contribution >= 0.6 is 0 Å². The molecule has 152 valence electrons. The van der Waals surface area contributed by atoms with Gasteiger partial charge < -0.3 is 18.9 Å². The predicted octanol–water partition coefficient (Wildman–Crippen LogP) is 3.89. The third-order valence-electron chi connectivity index (χ3n) is 5.28. The Morgan fingerprint density at radius 2 is 0.867 bits per heavy atom. The first kappa shape index (κ1) is 21.4. The van der Waals surface area contributed by atoms with E-state index in [1.807, 2.05) is 36.4 Å². The van der Waals surface area contributed by atoms with Crippen molar-refractivity contribution < 1.29 is 18.9 Å². The SMILES string of the molecule is COC1(OC)C=C(c2ccc(C#N)cc2)C(OC)(OC)C=C1c1ccc(C#N)cc1. The van der Waals surface area contributed by atoms with E-state index in [9.17, 15) is 0 Å². The maximum absolute atomic E-state index is 9.11. The zero-order chi connectivity index (χ0) is 21.8. The van der Waals surface area contributed by atoms with Gasteiger partial charge in [0.1, 0.15) is 0 Å². The number of methoxy groups -OCH3 is 4. The zero-order valence-electron chi connectivity index (χ0n) is 17.3. The molecular formula is C24H22N2O4. The minimum absolute atomic E-state index is 0.550. The van der Waals surface area contributed by atoms with Crippen molar-refractivity contribution in [1.29, 1.82) is 10.5 Å². The molecule has 0 saturated heterocycles. The van der Waals surface area contributed by atoms with Crippen LogP contribution in [0.15, 0.2) is 60.7 Å². The highest BCUT2D eigenvalue weighted by atomic mass is 16.7. The van der Waals surface area contributed by atoms with Crippen molar-refractivity contribution in [2.24, 2.45) is 0 Å². The normalized spacial score (nSPS) is 16.7. The summed E-state index contributed by atoms with van der Waals surface area (Å²) in [5.74, 6) is -2.42. The van der Waals surface area contributed by atoms with Gasteiger partial charge in [0.2, 0.25) is 11.6 Å². The molecule has 2 aromatic carbocycles. The Balaban J connectivity index is 2.23. The lowest BCUT2D eigenvalue weighted by molar-refractivity contribution is -0.147. The summed E-state index contributed by atoms with van der Waals surface area (Å²) < 4.78 is 23.3. The predicted molar refractivity (Wildman–Crippen MR) is 112 cm³/mol. The van der Waals surface area contributed by atoms with Crippen molar-refractivity contribution in [1.82, 2.24) is 0 Å². The topological polar surface area (TPSA) is 84.5 Å². The van der Waals surface area contributed by atoms with Crippen LogP contribution in [0.25, 0.3) is 11.1 Å². The quantitative estimate of drug-likeness (QED) is 0.682. The number of nitriles is 2. The van der Waals surface area contributed by atoms with Crippen LogP contribution in [0.2, 0.25) is 0 Å². The highest BCUT2D eigenvalue weighted by Crippen LogP contribution is 2.46. The van der Waals surface area contributed by atoms with Crippen LogP contribution in [0.4, 0.5) is 0 Å². The molecule has 6 heteroatoms. The van der Waals surface area contributed by atoms with Crippen molar-refractivity contribution in [3.8, 4) is 12.1 Å². The van der Waals surface area contributed by atoms with Gasteiger partial charge in [0.05, 0.1) is 23.3 Å². The molecule has 0 saturated carbocycles. The minimum atomic E-state index is -1.21. The van der Waals surface area contributed by atoms with Gasteiger partial charge >= 0.3 is 0 Å². The van der Waals surface area contributed by atoms with E-state index in [2.05, 4.69) is 12.1 Å². The molecule has 1 aliphatic carbocycles. The van der Waals surface area contributed by atoms with E-state index in [-0.39, 0.29) is 0 Å². The van der Waals surface area contributed by atoms with Crippen LogP contribution in [-0.2, 0) is 18.9 Å². The van der Waals surface area contributed by atoms with Crippen LogP contribution in [0, 0.1) is 22.7 Å². The van der Waals surface area contributed by atoms with E-state index >= 15 is 0 Å². The minimum Gasteiger partial charge on any atom is -0.346 e. The second-order valence-electron chi connectivity index (χ2n) is 6.65. The van der Waals surface area contributed by atoms with Crippen molar-refractivity contribution in [3.05, 3.63) is 82.9 Å². The van der Waals surface area contributed by atoms with E-state index in [4.69, 9.17) is 29.5 Å². The van der Waals surface area contributed by atoms with Gasteiger partial charge in [0, 0.05) is 39.6 Å². The smallest absolute Gasteiger partial charge is 0.215 e. The Kier molecular flexibility index (Phi) is 6.17. The lowest BCUT2D eigenvalue weighted by atomic mass is 9.82. The van der Waals surface area contributed by atoms with E-state index in [0.29, 0.717) is 22.3 Å². The van der Waals surface area contributed by atoms with Crippen molar-refractivity contribution in [2.75, 3.05) is 28.4 Å². The van der Waals surface area contributed by atoms with E-state index in [0.717, 1.165) is 11.1 Å². The maximum Gasteiger partial charge on any atom is 0.215 e. The van der Waals surface area contributed by atoms with Gasteiger partial charge in [-0.3, -0.25) is 0 Å². The lowest BCUT2D eigenvalue weighted by Gasteiger charge is -2.41. The Labute approximate surface area is 176 Å². The lowest BCUT2D eigenvalue weighted by Crippen LogP contribution is -2.44. The van der Waals surface area contributed by atoms with Gasteiger partial charge in [-0.25, -0.2) is 0 Å². The van der Waals surface area contributed by atoms with Gasteiger partial charge in [0.15, 0.2) is 0 Å². The van der Waals surface area contributed by atoms with Gasteiger partial charge in [-0.1, -0.05) is 24.3 Å². The molecule has 0 unspecified atom stereocenters. The number of nitrogens with zero attached hydrogens (tertiary/aromatic N) is 2. The Morgan fingerprint density at radius 3 is 1.10 bits per heavy atom. The summed E-state index contributed by atoms with van der Waals surface area (Å²) >= 11 is 0. The van der Waals surface area contributed by atoms with E-state index in [1.54, 1.807) is 52.7 Å². The van der Waals surface area contributed by atoms with Crippen molar-refractivity contribution in [3.63, 3.8) is 0 Å². The third kappa shape index (κ3) is 3.54. The first-order chi connectivity index (χ1) is 14.5. The summed E-state index contributed by atoms with van der Waals surface area (Å²) in [6.07, 6.45) is 3.63. The molecule has 0 bridgehead atoms. The standard InChI is InChI=1S/C24H22N2O4/c1-27-23(28-2)13-22(20-11-7-18(16-26)8-12-20)24(29-3,30-4)14-21(23)19-9-5-17(15-25)6-10-19/h5-14H,1-4H3. The first-order valence-corrected chi connectivity index (χ1v) is 9.19.